The molecule has 6 unspecified atom stereocenters. The number of aliphatic hydroxyl groups excluding tert-OH is 2. The van der Waals surface area contributed by atoms with Gasteiger partial charge in [-0.05, 0) is 63.9 Å². The lowest BCUT2D eigenvalue weighted by Gasteiger charge is -2.14. The number of nitrogens with zero attached hydrogens (tertiary/aromatic N) is 8. The van der Waals surface area contributed by atoms with Gasteiger partial charge in [-0.3, -0.25) is 0 Å². The Morgan fingerprint density at radius 1 is 0.857 bits per heavy atom. The van der Waals surface area contributed by atoms with Gasteiger partial charge in [0.2, 0.25) is 23.7 Å². The van der Waals surface area contributed by atoms with Gasteiger partial charge < -0.3 is 40.6 Å². The number of aromatic nitrogens is 8. The molecule has 2 aliphatic heterocycles. The molecule has 16 nitrogen and oxygen atoms in total. The summed E-state index contributed by atoms with van der Waals surface area (Å²) in [5.41, 5.74) is 12.6. The number of methoxy groups -OCH3 is 2. The van der Waals surface area contributed by atoms with Crippen LogP contribution in [0.5, 0.6) is 11.8 Å². The van der Waals surface area contributed by atoms with Crippen molar-refractivity contribution in [1.29, 1.82) is 0 Å². The van der Waals surface area contributed by atoms with Crippen molar-refractivity contribution in [1.82, 2.24) is 39.5 Å². The van der Waals surface area contributed by atoms with E-state index in [0.29, 0.717) is 44.5 Å². The average molecular weight is 810 g/mol. The number of halogens is 2. The molecule has 42 heavy (non-hydrogen) atoms. The highest BCUT2D eigenvalue weighted by Gasteiger charge is 2.37. The van der Waals surface area contributed by atoms with Crippen molar-refractivity contribution in [3.63, 3.8) is 0 Å². The summed E-state index contributed by atoms with van der Waals surface area (Å²) in [6, 6.07) is 0. The molecule has 0 aliphatic carbocycles. The fraction of sp³-hybridized carbons (Fsp3) is 0.583. The van der Waals surface area contributed by atoms with E-state index in [9.17, 15) is 5.11 Å². The van der Waals surface area contributed by atoms with E-state index in [1.165, 1.54) is 11.8 Å². The fourth-order valence-corrected chi connectivity index (χ4v) is 6.62. The number of nitrogen functional groups attached to an aromatic ring is 2. The Morgan fingerprint density at radius 2 is 1.33 bits per heavy atom. The maximum Gasteiger partial charge on any atom is 0.230 e. The minimum Gasteiger partial charge on any atom is -0.480 e. The third-order valence-corrected chi connectivity index (χ3v) is 8.75. The van der Waals surface area contributed by atoms with E-state index in [2.05, 4.69) is 66.6 Å². The lowest BCUT2D eigenvalue weighted by atomic mass is 10.0. The monoisotopic (exact) mass is 810 g/mol. The normalized spacial score (nSPS) is 25.6. The predicted molar refractivity (Wildman–Crippen MR) is 168 cm³/mol. The molecule has 4 aromatic rings. The van der Waals surface area contributed by atoms with Crippen molar-refractivity contribution in [2.75, 3.05) is 32.3 Å². The van der Waals surface area contributed by atoms with Crippen molar-refractivity contribution in [2.45, 2.75) is 63.9 Å². The predicted octanol–water partition coefficient (Wildman–Crippen LogP) is 2.02. The van der Waals surface area contributed by atoms with Crippen LogP contribution < -0.4 is 20.9 Å². The van der Waals surface area contributed by atoms with Crippen LogP contribution in [0, 0.1) is 13.3 Å². The molecule has 4 aromatic heterocycles. The summed E-state index contributed by atoms with van der Waals surface area (Å²) >= 11 is 4.20. The maximum atomic E-state index is 9.84. The number of nitrogens with two attached hydrogens (primary N) is 2. The zero-order chi connectivity index (χ0) is 30.3. The molecule has 2 aliphatic rings. The molecule has 0 amide bonds. The summed E-state index contributed by atoms with van der Waals surface area (Å²) in [5.74, 6) is 1.53. The number of fused-ring (bicyclic) bond motifs is 2. The standard InChI is InChI=1S/C13H18IN5O2.C11H14IN5O4/c1-4-7-6(2)5-8(21-7)19-11-9(10(14)18-19)12(20-3)17-13(15)16-11;1-20-10-7-8(12)16-17(9(7)14-11(13)15-10)6-2-4(19)5(3-18)21-6/h6-8H,4-5H2,1-3H3,(H2,15,16,17);4-6,18-19H,2-3H2,1H3,(H2,13,14,15). The summed E-state index contributed by atoms with van der Waals surface area (Å²) in [5, 5.41) is 29.4. The van der Waals surface area contributed by atoms with Crippen LogP contribution in [0.3, 0.4) is 0 Å². The van der Waals surface area contributed by atoms with Crippen molar-refractivity contribution < 1.29 is 29.2 Å². The molecule has 6 heterocycles. The second kappa shape index (κ2) is 12.7. The molecule has 2 fully saturated rings. The highest BCUT2D eigenvalue weighted by atomic mass is 127. The van der Waals surface area contributed by atoms with Gasteiger partial charge in [-0.15, -0.1) is 0 Å². The topological polar surface area (TPSA) is 217 Å². The van der Waals surface area contributed by atoms with Gasteiger partial charge in [0.25, 0.3) is 0 Å². The number of hydrogen-bond acceptors (Lipinski definition) is 14. The first-order valence-corrected chi connectivity index (χ1v) is 15.4. The minimum atomic E-state index is -0.752. The SMILES string of the molecule is CCC1OC(n2nc(I)c3c(OC)nc(N)nc32)CC1C.COc1nc(N)nc2c1c(I)nn2C1CC(O)C(CO)O1. The van der Waals surface area contributed by atoms with Crippen LogP contribution in [0.15, 0.2) is 0 Å². The van der Waals surface area contributed by atoms with Gasteiger partial charge in [-0.1, -0.05) is 13.8 Å². The highest BCUT2D eigenvalue weighted by Crippen LogP contribution is 2.38. The molecule has 0 bridgehead atoms. The summed E-state index contributed by atoms with van der Waals surface area (Å²) < 4.78 is 27.0. The number of aliphatic hydroxyl groups is 2. The Bertz CT molecular complexity index is 1470. The second-order valence-corrected chi connectivity index (χ2v) is 12.0. The minimum absolute atomic E-state index is 0.0640. The van der Waals surface area contributed by atoms with Crippen molar-refractivity contribution in [3.8, 4) is 11.8 Å². The fourth-order valence-electron chi connectivity index (χ4n) is 5.21. The van der Waals surface area contributed by atoms with Gasteiger partial charge in [0, 0.05) is 6.42 Å². The van der Waals surface area contributed by atoms with Crippen LogP contribution in [0.1, 0.15) is 45.6 Å². The number of anilines is 2. The molecule has 228 valence electrons. The average Bonchev–Trinajstić information content (AvgIpc) is 3.71. The number of ether oxygens (including phenoxy) is 4. The van der Waals surface area contributed by atoms with Gasteiger partial charge in [0.15, 0.2) is 23.8 Å². The lowest BCUT2D eigenvalue weighted by Crippen LogP contribution is -2.24. The Kier molecular flexibility index (Phi) is 9.37. The molecule has 6 atom stereocenters. The molecular weight excluding hydrogens is 778 g/mol. The maximum absolute atomic E-state index is 9.84. The molecule has 6 N–H and O–H groups in total. The van der Waals surface area contributed by atoms with Gasteiger partial charge in [-0.2, -0.15) is 30.1 Å². The second-order valence-electron chi connectivity index (χ2n) is 9.92. The Labute approximate surface area is 267 Å². The van der Waals surface area contributed by atoms with Crippen molar-refractivity contribution in [3.05, 3.63) is 7.40 Å². The van der Waals surface area contributed by atoms with Gasteiger partial charge in [0.1, 0.15) is 24.3 Å². The molecule has 6 rings (SSSR count). The van der Waals surface area contributed by atoms with Crippen LogP contribution in [-0.4, -0.2) is 88.8 Å². The van der Waals surface area contributed by atoms with Crippen LogP contribution in [0.4, 0.5) is 11.9 Å². The van der Waals surface area contributed by atoms with E-state index in [1.807, 2.05) is 27.3 Å². The van der Waals surface area contributed by atoms with E-state index < -0.39 is 18.4 Å². The van der Waals surface area contributed by atoms with Crippen molar-refractivity contribution >= 4 is 79.1 Å². The summed E-state index contributed by atoms with van der Waals surface area (Å²) in [6.07, 6.45) is 0.451. The van der Waals surface area contributed by atoms with E-state index in [1.54, 1.807) is 7.11 Å². The first-order valence-electron chi connectivity index (χ1n) is 13.2. The molecule has 0 spiro atoms. The summed E-state index contributed by atoms with van der Waals surface area (Å²) in [4.78, 5) is 16.6. The van der Waals surface area contributed by atoms with E-state index in [0.717, 1.165) is 21.9 Å². The first kappa shape index (κ1) is 31.0. The number of hydrogen-bond donors (Lipinski definition) is 4. The van der Waals surface area contributed by atoms with Crippen LogP contribution in [0.25, 0.3) is 22.1 Å². The van der Waals surface area contributed by atoms with Crippen LogP contribution >= 0.6 is 45.2 Å². The van der Waals surface area contributed by atoms with Gasteiger partial charge in [-0.25, -0.2) is 9.36 Å². The Hall–Kier alpha value is -2.40. The highest BCUT2D eigenvalue weighted by molar-refractivity contribution is 14.1. The lowest BCUT2D eigenvalue weighted by molar-refractivity contribution is -0.0471. The molecular formula is C24H32I2N10O6. The van der Waals surface area contributed by atoms with E-state index in [4.69, 9.17) is 35.5 Å². The summed E-state index contributed by atoms with van der Waals surface area (Å²) in [7, 11) is 3.06. The smallest absolute Gasteiger partial charge is 0.230 e. The number of rotatable bonds is 6. The Balaban J connectivity index is 0.000000168. The molecule has 18 heteroatoms. The summed E-state index contributed by atoms with van der Waals surface area (Å²) in [6.45, 7) is 4.08. The van der Waals surface area contributed by atoms with Crippen molar-refractivity contribution in [2.24, 2.45) is 5.92 Å². The Morgan fingerprint density at radius 3 is 1.74 bits per heavy atom. The molecule has 0 radical (unpaired) electrons. The van der Waals surface area contributed by atoms with Crippen LogP contribution in [-0.2, 0) is 9.47 Å². The zero-order valence-corrected chi connectivity index (χ0v) is 27.6. The van der Waals surface area contributed by atoms with Gasteiger partial charge in [0.05, 0.1) is 33.0 Å². The largest absolute Gasteiger partial charge is 0.480 e. The van der Waals surface area contributed by atoms with E-state index in [-0.39, 0.29) is 30.8 Å². The van der Waals surface area contributed by atoms with E-state index >= 15 is 0 Å². The third-order valence-electron chi connectivity index (χ3n) is 7.24. The molecule has 0 aromatic carbocycles. The third kappa shape index (κ3) is 5.75. The van der Waals surface area contributed by atoms with Crippen LogP contribution in [0.2, 0.25) is 0 Å². The molecule has 2 saturated heterocycles. The zero-order valence-electron chi connectivity index (χ0n) is 23.3. The first-order chi connectivity index (χ1) is 20.1. The molecule has 0 saturated carbocycles. The quantitative estimate of drug-likeness (QED) is 0.205. The van der Waals surface area contributed by atoms with Gasteiger partial charge >= 0.3 is 0 Å².